The maximum absolute atomic E-state index is 11.0. The van der Waals surface area contributed by atoms with Crippen molar-refractivity contribution in [3.8, 4) is 0 Å². The van der Waals surface area contributed by atoms with Crippen molar-refractivity contribution in [2.45, 2.75) is 36.1 Å². The molecule has 0 radical (unpaired) electrons. The monoisotopic (exact) mass is 202 g/mol. The summed E-state index contributed by atoms with van der Waals surface area (Å²) in [5.74, 6) is -0.730. The van der Waals surface area contributed by atoms with Crippen LogP contribution in [0.5, 0.6) is 0 Å². The summed E-state index contributed by atoms with van der Waals surface area (Å²) in [6.07, 6.45) is 0. The van der Waals surface area contributed by atoms with Crippen molar-refractivity contribution >= 4 is 17.7 Å². The predicted molar refractivity (Wildman–Crippen MR) is 51.6 cm³/mol. The highest BCUT2D eigenvalue weighted by Crippen LogP contribution is 2.49. The summed E-state index contributed by atoms with van der Waals surface area (Å²) in [6.45, 7) is 4.67. The van der Waals surface area contributed by atoms with Gasteiger partial charge in [0.15, 0.2) is 0 Å². The Morgan fingerprint density at radius 3 is 2.69 bits per heavy atom. The summed E-state index contributed by atoms with van der Waals surface area (Å²) >= 11 is 1.68. The van der Waals surface area contributed by atoms with Gasteiger partial charge in [0.05, 0.1) is 5.37 Å². The number of carboxylic acid groups (broad SMARTS) is 1. The topological polar surface area (TPSA) is 66.6 Å². The van der Waals surface area contributed by atoms with Crippen molar-refractivity contribution in [1.82, 2.24) is 4.90 Å². The number of fused-ring (bicyclic) bond motifs is 1. The van der Waals surface area contributed by atoms with Crippen LogP contribution >= 0.6 is 11.8 Å². The first-order valence-corrected chi connectivity index (χ1v) is 5.23. The molecule has 2 rings (SSSR count). The molecule has 0 amide bonds. The molecule has 2 heterocycles. The second-order valence-electron chi connectivity index (χ2n) is 4.21. The number of aliphatic carboxylic acids is 1. The van der Waals surface area contributed by atoms with Crippen LogP contribution in [0.3, 0.4) is 0 Å². The molecule has 3 atom stereocenters. The highest BCUT2D eigenvalue weighted by molar-refractivity contribution is 8.01. The van der Waals surface area contributed by atoms with Crippen LogP contribution in [0.1, 0.15) is 13.8 Å². The number of nitrogens with two attached hydrogens (primary N) is 1. The van der Waals surface area contributed by atoms with E-state index in [9.17, 15) is 4.79 Å². The van der Waals surface area contributed by atoms with E-state index in [0.717, 1.165) is 6.54 Å². The molecule has 0 aromatic heterocycles. The highest BCUT2D eigenvalue weighted by Gasteiger charge is 2.57. The van der Waals surface area contributed by atoms with Crippen LogP contribution in [0.4, 0.5) is 0 Å². The molecule has 2 aliphatic rings. The maximum atomic E-state index is 11.0. The smallest absolute Gasteiger partial charge is 0.322 e. The van der Waals surface area contributed by atoms with Gasteiger partial charge in [0.25, 0.3) is 0 Å². The Balaban J connectivity index is 2.22. The van der Waals surface area contributed by atoms with Crippen LogP contribution in [0.2, 0.25) is 0 Å². The quantitative estimate of drug-likeness (QED) is 0.623. The molecule has 0 unspecified atom stereocenters. The Morgan fingerprint density at radius 2 is 2.31 bits per heavy atom. The third kappa shape index (κ3) is 1.18. The molecule has 13 heavy (non-hydrogen) atoms. The number of rotatable bonds is 1. The molecule has 4 nitrogen and oxygen atoms in total. The number of carboxylic acids is 1. The fourth-order valence-corrected chi connectivity index (χ4v) is 3.76. The zero-order valence-corrected chi connectivity index (χ0v) is 8.54. The molecular formula is C8H14N2O2S. The molecule has 5 heteroatoms. The summed E-state index contributed by atoms with van der Waals surface area (Å²) in [4.78, 5) is 13.0. The van der Waals surface area contributed by atoms with Gasteiger partial charge in [-0.1, -0.05) is 0 Å². The molecule has 2 fully saturated rings. The van der Waals surface area contributed by atoms with E-state index in [1.54, 1.807) is 11.8 Å². The van der Waals surface area contributed by atoms with Crippen LogP contribution in [-0.2, 0) is 4.79 Å². The molecule has 3 N–H and O–H groups in total. The Labute approximate surface area is 81.5 Å². The molecule has 0 aliphatic carbocycles. The lowest BCUT2D eigenvalue weighted by atomic mass is 9.97. The molecule has 74 valence electrons. The molecule has 2 aliphatic heterocycles. The Bertz CT molecular complexity index is 257. The molecule has 0 aromatic rings. The Hall–Kier alpha value is -0.260. The van der Waals surface area contributed by atoms with Gasteiger partial charge in [-0.05, 0) is 13.8 Å². The molecule has 2 saturated heterocycles. The fraction of sp³-hybridized carbons (Fsp3) is 0.875. The van der Waals surface area contributed by atoms with Crippen LogP contribution in [-0.4, -0.2) is 44.7 Å². The predicted octanol–water partition coefficient (Wildman–Crippen LogP) is -0.0660. The summed E-state index contributed by atoms with van der Waals surface area (Å²) in [6, 6.07) is -0.226. The summed E-state index contributed by atoms with van der Waals surface area (Å²) in [5, 5.41) is 9.28. The standard InChI is InChI=1S/C8H14N2O2S/c1-8(2)5(7(11)12)10-3-4(9)6(10)13-8/h4-6H,3,9H2,1-2H3,(H,11,12)/t4-,5+,6-/m0/s1. The van der Waals surface area contributed by atoms with Gasteiger partial charge >= 0.3 is 5.97 Å². The number of carbonyl (C=O) groups is 1. The average molecular weight is 202 g/mol. The van der Waals surface area contributed by atoms with Gasteiger partial charge < -0.3 is 10.8 Å². The lowest BCUT2D eigenvalue weighted by Crippen LogP contribution is -2.64. The van der Waals surface area contributed by atoms with E-state index in [4.69, 9.17) is 10.8 Å². The molecular weight excluding hydrogens is 188 g/mol. The van der Waals surface area contributed by atoms with Gasteiger partial charge in [0.2, 0.25) is 0 Å². The maximum Gasteiger partial charge on any atom is 0.322 e. The van der Waals surface area contributed by atoms with Crippen LogP contribution in [0.15, 0.2) is 0 Å². The normalized spacial score (nSPS) is 42.5. The summed E-state index contributed by atoms with van der Waals surface area (Å²) < 4.78 is -0.218. The number of hydrogen-bond donors (Lipinski definition) is 2. The summed E-state index contributed by atoms with van der Waals surface area (Å²) in [5.41, 5.74) is 5.79. The number of nitrogens with zero attached hydrogens (tertiary/aromatic N) is 1. The van der Waals surface area contributed by atoms with E-state index in [2.05, 4.69) is 0 Å². The third-order valence-electron chi connectivity index (χ3n) is 2.76. The van der Waals surface area contributed by atoms with E-state index in [0.29, 0.717) is 0 Å². The van der Waals surface area contributed by atoms with Crippen molar-refractivity contribution in [2.24, 2.45) is 5.73 Å². The third-order valence-corrected chi connectivity index (χ3v) is 4.46. The second-order valence-corrected chi connectivity index (χ2v) is 5.98. The van der Waals surface area contributed by atoms with Crippen molar-refractivity contribution in [1.29, 1.82) is 0 Å². The largest absolute Gasteiger partial charge is 0.480 e. The lowest BCUT2D eigenvalue weighted by Gasteiger charge is -2.42. The van der Waals surface area contributed by atoms with Crippen LogP contribution in [0.25, 0.3) is 0 Å². The van der Waals surface area contributed by atoms with Crippen molar-refractivity contribution in [3.05, 3.63) is 0 Å². The first kappa shape index (κ1) is 9.30. The molecule has 0 saturated carbocycles. The van der Waals surface area contributed by atoms with Gasteiger partial charge in [0.1, 0.15) is 6.04 Å². The van der Waals surface area contributed by atoms with Gasteiger partial charge in [0, 0.05) is 17.3 Å². The minimum Gasteiger partial charge on any atom is -0.480 e. The molecule has 0 spiro atoms. The van der Waals surface area contributed by atoms with E-state index >= 15 is 0 Å². The Morgan fingerprint density at radius 1 is 1.69 bits per heavy atom. The van der Waals surface area contributed by atoms with Gasteiger partial charge in [-0.3, -0.25) is 9.69 Å². The SMILES string of the molecule is CC1(C)S[C@H]2[C@@H](N)CN2[C@@H]1C(=O)O. The van der Waals surface area contributed by atoms with E-state index < -0.39 is 5.97 Å². The van der Waals surface area contributed by atoms with E-state index in [1.807, 2.05) is 18.7 Å². The van der Waals surface area contributed by atoms with Gasteiger partial charge in [-0.25, -0.2) is 0 Å². The molecule has 0 bridgehead atoms. The zero-order valence-electron chi connectivity index (χ0n) is 7.73. The van der Waals surface area contributed by atoms with Crippen molar-refractivity contribution in [3.63, 3.8) is 0 Å². The fourth-order valence-electron chi connectivity index (χ4n) is 2.17. The minimum absolute atomic E-state index is 0.147. The number of thioether (sulfide) groups is 1. The Kier molecular flexibility index (Phi) is 1.87. The second kappa shape index (κ2) is 2.62. The van der Waals surface area contributed by atoms with E-state index in [1.165, 1.54) is 0 Å². The van der Waals surface area contributed by atoms with Gasteiger partial charge in [-0.2, -0.15) is 0 Å². The average Bonchev–Trinajstić information content (AvgIpc) is 2.19. The van der Waals surface area contributed by atoms with Crippen LogP contribution in [0, 0.1) is 0 Å². The van der Waals surface area contributed by atoms with Crippen molar-refractivity contribution < 1.29 is 9.90 Å². The zero-order chi connectivity index (χ0) is 9.80. The highest BCUT2D eigenvalue weighted by atomic mass is 32.2. The molecule has 0 aromatic carbocycles. The first-order valence-electron chi connectivity index (χ1n) is 4.35. The van der Waals surface area contributed by atoms with Gasteiger partial charge in [-0.15, -0.1) is 11.8 Å². The summed E-state index contributed by atoms with van der Waals surface area (Å²) in [7, 11) is 0. The van der Waals surface area contributed by atoms with E-state index in [-0.39, 0.29) is 22.2 Å². The minimum atomic E-state index is -0.730. The number of hydrogen-bond acceptors (Lipinski definition) is 4. The van der Waals surface area contributed by atoms with Crippen LogP contribution < -0.4 is 5.73 Å². The van der Waals surface area contributed by atoms with Crippen molar-refractivity contribution in [2.75, 3.05) is 6.54 Å². The lowest BCUT2D eigenvalue weighted by molar-refractivity contribution is -0.145. The first-order chi connectivity index (χ1) is 5.93.